The highest BCUT2D eigenvalue weighted by atomic mass is 32.1. The van der Waals surface area contributed by atoms with E-state index in [1.165, 1.54) is 16.2 Å². The van der Waals surface area contributed by atoms with Gasteiger partial charge in [-0.25, -0.2) is 0 Å². The highest BCUT2D eigenvalue weighted by Gasteiger charge is 2.29. The molecular weight excluding hydrogens is 350 g/mol. The second kappa shape index (κ2) is 9.15. The van der Waals surface area contributed by atoms with Crippen molar-refractivity contribution in [2.45, 2.75) is 32.4 Å². The Morgan fingerprint density at radius 3 is 2.35 bits per heavy atom. The van der Waals surface area contributed by atoms with Gasteiger partial charge in [0, 0.05) is 12.5 Å². The monoisotopic (exact) mass is 373 g/mol. The molecule has 0 aliphatic rings. The molecule has 0 aliphatic carbocycles. The van der Waals surface area contributed by atoms with Crippen LogP contribution >= 0.6 is 11.3 Å². The average Bonchev–Trinajstić information content (AvgIpc) is 3.14. The van der Waals surface area contributed by atoms with Gasteiger partial charge < -0.3 is 16.0 Å². The molecule has 0 fully saturated rings. The molecule has 2 aromatic rings. The summed E-state index contributed by atoms with van der Waals surface area (Å²) < 4.78 is 0. The summed E-state index contributed by atoms with van der Waals surface area (Å²) in [6.07, 6.45) is 0.332. The van der Waals surface area contributed by atoms with Crippen molar-refractivity contribution in [1.29, 1.82) is 0 Å². The summed E-state index contributed by atoms with van der Waals surface area (Å²) in [5.74, 6) is -1.22. The summed E-state index contributed by atoms with van der Waals surface area (Å²) in [5, 5.41) is 4.61. The number of primary amides is 1. The topological polar surface area (TPSA) is 92.5 Å². The molecule has 1 unspecified atom stereocenters. The Morgan fingerprint density at radius 2 is 1.81 bits per heavy atom. The first-order valence-corrected chi connectivity index (χ1v) is 9.23. The van der Waals surface area contributed by atoms with Crippen molar-refractivity contribution in [1.82, 2.24) is 10.2 Å². The molecular formula is C19H23N3O3S. The summed E-state index contributed by atoms with van der Waals surface area (Å²) in [4.78, 5) is 38.8. The van der Waals surface area contributed by atoms with Crippen LogP contribution in [0.25, 0.3) is 0 Å². The molecule has 1 aromatic heterocycles. The zero-order chi connectivity index (χ0) is 19.1. The normalized spacial score (nSPS) is 11.8. The Balaban J connectivity index is 2.24. The van der Waals surface area contributed by atoms with E-state index in [0.29, 0.717) is 11.3 Å². The van der Waals surface area contributed by atoms with Crippen molar-refractivity contribution in [2.75, 3.05) is 6.54 Å². The lowest BCUT2D eigenvalue weighted by atomic mass is 10.0. The van der Waals surface area contributed by atoms with Crippen molar-refractivity contribution in [3.05, 3.63) is 58.3 Å². The van der Waals surface area contributed by atoms with Crippen LogP contribution in [0.4, 0.5) is 0 Å². The Kier molecular flexibility index (Phi) is 6.91. The fraction of sp³-hybridized carbons (Fsp3) is 0.316. The van der Waals surface area contributed by atoms with Crippen molar-refractivity contribution in [3.63, 3.8) is 0 Å². The van der Waals surface area contributed by atoms with Gasteiger partial charge in [-0.3, -0.25) is 14.4 Å². The zero-order valence-electron chi connectivity index (χ0n) is 14.8. The number of hydrogen-bond acceptors (Lipinski definition) is 4. The van der Waals surface area contributed by atoms with E-state index in [9.17, 15) is 14.4 Å². The second-order valence-corrected chi connectivity index (χ2v) is 7.17. The molecule has 0 aliphatic heterocycles. The number of nitrogens with two attached hydrogens (primary N) is 1. The first kappa shape index (κ1) is 19.7. The van der Waals surface area contributed by atoms with Crippen LogP contribution < -0.4 is 11.1 Å². The van der Waals surface area contributed by atoms with Crippen LogP contribution in [-0.4, -0.2) is 41.2 Å². The van der Waals surface area contributed by atoms with Crippen LogP contribution in [0.1, 0.15) is 29.1 Å². The van der Waals surface area contributed by atoms with E-state index >= 15 is 0 Å². The summed E-state index contributed by atoms with van der Waals surface area (Å²) in [6, 6.07) is 11.9. The van der Waals surface area contributed by atoms with Crippen molar-refractivity contribution in [3.8, 4) is 0 Å². The van der Waals surface area contributed by atoms with Crippen LogP contribution in [-0.2, 0) is 16.0 Å². The molecule has 1 atom stereocenters. The lowest BCUT2D eigenvalue weighted by Crippen LogP contribution is -2.53. The lowest BCUT2D eigenvalue weighted by molar-refractivity contribution is -0.138. The number of rotatable bonds is 8. The number of carbonyl (C=O) groups is 3. The van der Waals surface area contributed by atoms with E-state index in [1.54, 1.807) is 17.5 Å². The van der Waals surface area contributed by atoms with Crippen molar-refractivity contribution >= 4 is 29.1 Å². The highest BCUT2D eigenvalue weighted by Crippen LogP contribution is 2.12. The van der Waals surface area contributed by atoms with Gasteiger partial charge in [0.25, 0.3) is 5.91 Å². The molecule has 0 saturated carbocycles. The van der Waals surface area contributed by atoms with Crippen LogP contribution in [0, 0.1) is 0 Å². The van der Waals surface area contributed by atoms with E-state index in [4.69, 9.17) is 5.73 Å². The Morgan fingerprint density at radius 1 is 1.12 bits per heavy atom. The van der Waals surface area contributed by atoms with Crippen molar-refractivity contribution in [2.24, 2.45) is 5.73 Å². The van der Waals surface area contributed by atoms with Crippen molar-refractivity contribution < 1.29 is 14.4 Å². The minimum Gasteiger partial charge on any atom is -0.368 e. The lowest BCUT2D eigenvalue weighted by Gasteiger charge is -2.30. The van der Waals surface area contributed by atoms with Gasteiger partial charge in [-0.2, -0.15) is 0 Å². The molecule has 26 heavy (non-hydrogen) atoms. The zero-order valence-corrected chi connectivity index (χ0v) is 15.7. The van der Waals surface area contributed by atoms with Gasteiger partial charge in [-0.05, 0) is 30.9 Å². The third-order valence-electron chi connectivity index (χ3n) is 3.86. The summed E-state index contributed by atoms with van der Waals surface area (Å²) >= 11 is 1.31. The number of hydrogen-bond donors (Lipinski definition) is 2. The fourth-order valence-electron chi connectivity index (χ4n) is 2.57. The first-order valence-electron chi connectivity index (χ1n) is 8.35. The van der Waals surface area contributed by atoms with Gasteiger partial charge in [0.2, 0.25) is 11.8 Å². The maximum Gasteiger partial charge on any atom is 0.262 e. The van der Waals surface area contributed by atoms with Gasteiger partial charge in [-0.15, -0.1) is 11.3 Å². The molecule has 0 spiro atoms. The van der Waals surface area contributed by atoms with Crippen LogP contribution in [0.2, 0.25) is 0 Å². The smallest absolute Gasteiger partial charge is 0.262 e. The van der Waals surface area contributed by atoms with E-state index in [-0.39, 0.29) is 24.4 Å². The minimum atomic E-state index is -0.784. The van der Waals surface area contributed by atoms with Gasteiger partial charge in [-0.1, -0.05) is 36.4 Å². The molecule has 3 N–H and O–H groups in total. The third kappa shape index (κ3) is 5.42. The number of nitrogens with zero attached hydrogens (tertiary/aromatic N) is 1. The maximum atomic E-state index is 13.0. The van der Waals surface area contributed by atoms with Crippen LogP contribution in [0.15, 0.2) is 47.8 Å². The molecule has 1 heterocycles. The number of amides is 3. The molecule has 3 amide bonds. The molecule has 0 bridgehead atoms. The predicted molar refractivity (Wildman–Crippen MR) is 102 cm³/mol. The fourth-order valence-corrected chi connectivity index (χ4v) is 3.20. The number of nitrogens with one attached hydrogen (secondary N) is 1. The predicted octanol–water partition coefficient (Wildman–Crippen LogP) is 1.81. The largest absolute Gasteiger partial charge is 0.368 e. The van der Waals surface area contributed by atoms with Gasteiger partial charge >= 0.3 is 0 Å². The standard InChI is InChI=1S/C19H23N3O3S/c1-13(2)22(12-17(20)23)19(25)15(11-14-7-4-3-5-8-14)21-18(24)16-9-6-10-26-16/h3-10,13,15H,11-12H2,1-2H3,(H2,20,23)(H,21,24). The molecule has 0 radical (unpaired) electrons. The minimum absolute atomic E-state index is 0.184. The molecule has 138 valence electrons. The van der Waals surface area contributed by atoms with Crippen LogP contribution in [0.5, 0.6) is 0 Å². The highest BCUT2D eigenvalue weighted by molar-refractivity contribution is 7.12. The van der Waals surface area contributed by atoms with Gasteiger partial charge in [0.05, 0.1) is 11.4 Å². The van der Waals surface area contributed by atoms with E-state index < -0.39 is 11.9 Å². The Bertz CT molecular complexity index is 745. The average molecular weight is 373 g/mol. The molecule has 0 saturated heterocycles. The quantitative estimate of drug-likeness (QED) is 0.739. The van der Waals surface area contributed by atoms with E-state index in [2.05, 4.69) is 5.32 Å². The molecule has 2 rings (SSSR count). The number of carbonyl (C=O) groups excluding carboxylic acids is 3. The Hall–Kier alpha value is -2.67. The summed E-state index contributed by atoms with van der Waals surface area (Å²) in [5.41, 5.74) is 6.20. The third-order valence-corrected chi connectivity index (χ3v) is 4.73. The number of thiophene rings is 1. The Labute approximate surface area is 157 Å². The van der Waals surface area contributed by atoms with Gasteiger partial charge in [0.1, 0.15) is 6.04 Å². The van der Waals surface area contributed by atoms with E-state index in [1.807, 2.05) is 44.2 Å². The second-order valence-electron chi connectivity index (χ2n) is 6.22. The van der Waals surface area contributed by atoms with Gasteiger partial charge in [0.15, 0.2) is 0 Å². The maximum absolute atomic E-state index is 13.0. The number of benzene rings is 1. The summed E-state index contributed by atoms with van der Waals surface area (Å²) in [6.45, 7) is 3.43. The molecule has 1 aromatic carbocycles. The SMILES string of the molecule is CC(C)N(CC(N)=O)C(=O)C(Cc1ccccc1)NC(=O)c1cccs1. The molecule has 6 nitrogen and oxygen atoms in total. The van der Waals surface area contributed by atoms with Crippen LogP contribution in [0.3, 0.4) is 0 Å². The van der Waals surface area contributed by atoms with E-state index in [0.717, 1.165) is 5.56 Å². The molecule has 7 heteroatoms. The summed E-state index contributed by atoms with van der Waals surface area (Å²) in [7, 11) is 0. The first-order chi connectivity index (χ1) is 12.4.